The summed E-state index contributed by atoms with van der Waals surface area (Å²) in [5.41, 5.74) is 0. The quantitative estimate of drug-likeness (QED) is 0.0392. The van der Waals surface area contributed by atoms with Crippen LogP contribution >= 0.6 is 0 Å². The Balaban J connectivity index is 4.42. The van der Waals surface area contributed by atoms with E-state index in [1.165, 1.54) is 0 Å². The Bertz CT molecular complexity index is 934. The zero-order valence-electron chi connectivity index (χ0n) is 35.8. The zero-order chi connectivity index (χ0) is 41.5. The third-order valence-electron chi connectivity index (χ3n) is 8.50. The van der Waals surface area contributed by atoms with Crippen LogP contribution in [0, 0.1) is 11.8 Å². The minimum absolute atomic E-state index is 0.0882. The minimum atomic E-state index is -2.77. The van der Waals surface area contributed by atoms with Crippen LogP contribution in [-0.4, -0.2) is 119 Å². The molecule has 0 heterocycles. The molecule has 0 saturated carbocycles. The van der Waals surface area contributed by atoms with Crippen molar-refractivity contribution in [2.75, 3.05) is 65.8 Å². The van der Waals surface area contributed by atoms with Gasteiger partial charge in [0.1, 0.15) is 12.1 Å². The van der Waals surface area contributed by atoms with Crippen LogP contribution in [0.3, 0.4) is 0 Å². The highest BCUT2D eigenvalue weighted by Gasteiger charge is 2.40. The summed E-state index contributed by atoms with van der Waals surface area (Å²) in [5.74, 6) is -0.595. The molecule has 0 aromatic rings. The first-order chi connectivity index (χ1) is 26.3. The maximum atomic E-state index is 12.9. The van der Waals surface area contributed by atoms with E-state index in [-0.39, 0.29) is 23.7 Å². The second kappa shape index (κ2) is 31.7. The van der Waals surface area contributed by atoms with E-state index >= 15 is 0 Å². The molecule has 0 spiro atoms. The van der Waals surface area contributed by atoms with Gasteiger partial charge in [-0.15, -0.1) is 0 Å². The summed E-state index contributed by atoms with van der Waals surface area (Å²) in [6.45, 7) is 23.9. The van der Waals surface area contributed by atoms with E-state index in [1.54, 1.807) is 0 Å². The first kappa shape index (κ1) is 52.7. The number of urea groups is 2. The number of hydrogen-bond donors (Lipinski definition) is 6. The lowest BCUT2D eigenvalue weighted by Gasteiger charge is -2.28. The molecular weight excluding hydrogens is 745 g/mol. The van der Waals surface area contributed by atoms with Gasteiger partial charge in [-0.05, 0) is 79.1 Å². The molecule has 324 valence electrons. The van der Waals surface area contributed by atoms with Crippen LogP contribution in [0.15, 0.2) is 0 Å². The van der Waals surface area contributed by atoms with Gasteiger partial charge in [0.15, 0.2) is 0 Å². The molecule has 16 nitrogen and oxygen atoms in total. The normalized spacial score (nSPS) is 13.0. The zero-order valence-corrected chi connectivity index (χ0v) is 37.8. The van der Waals surface area contributed by atoms with E-state index < -0.39 is 41.8 Å². The molecule has 0 bridgehead atoms. The molecule has 0 saturated heterocycles. The van der Waals surface area contributed by atoms with E-state index in [2.05, 4.69) is 31.9 Å². The maximum absolute atomic E-state index is 12.9. The number of unbranched alkanes of at least 4 members (excludes halogenated alkanes) is 4. The first-order valence-electron chi connectivity index (χ1n) is 20.8. The van der Waals surface area contributed by atoms with Crippen molar-refractivity contribution < 1.29 is 45.7 Å². The van der Waals surface area contributed by atoms with Gasteiger partial charge in [0.2, 0.25) is 11.8 Å². The molecule has 0 rings (SSSR count). The molecule has 0 aliphatic carbocycles. The highest BCUT2D eigenvalue weighted by Crippen LogP contribution is 2.19. The van der Waals surface area contributed by atoms with Crippen LogP contribution < -0.4 is 31.9 Å². The van der Waals surface area contributed by atoms with E-state index in [0.29, 0.717) is 90.8 Å². The van der Waals surface area contributed by atoms with Crippen molar-refractivity contribution in [1.82, 2.24) is 31.9 Å². The number of amides is 6. The van der Waals surface area contributed by atoms with Crippen LogP contribution in [-0.2, 0) is 36.1 Å². The Kier molecular flexibility index (Phi) is 30.4. The fourth-order valence-corrected chi connectivity index (χ4v) is 11.1. The van der Waals surface area contributed by atoms with E-state index in [9.17, 15) is 19.2 Å². The summed E-state index contributed by atoms with van der Waals surface area (Å²) in [6.07, 6.45) is 5.66. The Hall–Kier alpha value is -2.33. The smallest absolute Gasteiger partial charge is 0.374 e. The van der Waals surface area contributed by atoms with E-state index in [4.69, 9.17) is 26.6 Å². The molecule has 0 fully saturated rings. The third-order valence-corrected chi connectivity index (χ3v) is 14.8. The minimum Gasteiger partial charge on any atom is -0.374 e. The Morgan fingerprint density at radius 1 is 0.418 bits per heavy atom. The van der Waals surface area contributed by atoms with Crippen molar-refractivity contribution in [3.63, 3.8) is 0 Å². The lowest BCUT2D eigenvalue weighted by atomic mass is 10.0. The molecule has 0 unspecified atom stereocenters. The summed E-state index contributed by atoms with van der Waals surface area (Å²) in [4.78, 5) is 51.0. The van der Waals surface area contributed by atoms with Gasteiger partial charge in [0.25, 0.3) is 0 Å². The number of carbonyl (C=O) groups is 4. The van der Waals surface area contributed by atoms with Gasteiger partial charge in [0.05, 0.1) is 0 Å². The Morgan fingerprint density at radius 2 is 0.691 bits per heavy atom. The van der Waals surface area contributed by atoms with Crippen molar-refractivity contribution >= 4 is 41.5 Å². The highest BCUT2D eigenvalue weighted by atomic mass is 28.4. The maximum Gasteiger partial charge on any atom is 0.500 e. The molecule has 2 atom stereocenters. The van der Waals surface area contributed by atoms with Crippen LogP contribution in [0.25, 0.3) is 0 Å². The third kappa shape index (κ3) is 23.5. The van der Waals surface area contributed by atoms with Gasteiger partial charge in [0, 0.05) is 77.9 Å². The summed E-state index contributed by atoms with van der Waals surface area (Å²) in [5, 5.41) is 17.2. The van der Waals surface area contributed by atoms with Crippen LogP contribution in [0.1, 0.15) is 114 Å². The molecule has 6 N–H and O–H groups in total. The predicted molar refractivity (Wildman–Crippen MR) is 220 cm³/mol. The monoisotopic (exact) mass is 823 g/mol. The molecule has 0 aromatic heterocycles. The molecular formula is C37H78N6O10Si2. The van der Waals surface area contributed by atoms with Crippen molar-refractivity contribution in [2.24, 2.45) is 11.8 Å². The standard InChI is InChI=1S/C37H78N6O10Si2/c1-11-48-54(49-12-2,50-13-3)28-22-26-40-36(46)42-32(30(7)8)34(44)38-24-20-18-17-19-21-25-39-35(45)33(31(9)10)43-37(47)41-27-23-29-55(51-14-4,52-15-5)53-16-6/h30-33H,11-29H2,1-10H3,(H,38,44)(H,39,45)(H2,40,42,46)(H2,41,43,47)/t32-,33-/m0/s1. The molecule has 0 radical (unpaired) electrons. The number of rotatable bonds is 34. The summed E-state index contributed by atoms with van der Waals surface area (Å²) >= 11 is 0. The summed E-state index contributed by atoms with van der Waals surface area (Å²) in [7, 11) is -5.55. The average molecular weight is 823 g/mol. The number of hydrogen-bond acceptors (Lipinski definition) is 10. The summed E-state index contributed by atoms with van der Waals surface area (Å²) < 4.78 is 35.2. The second-order valence-electron chi connectivity index (χ2n) is 13.8. The van der Waals surface area contributed by atoms with Crippen molar-refractivity contribution in [2.45, 2.75) is 138 Å². The van der Waals surface area contributed by atoms with Gasteiger partial charge in [-0.1, -0.05) is 47.0 Å². The number of nitrogens with one attached hydrogen (secondary N) is 6. The van der Waals surface area contributed by atoms with Gasteiger partial charge in [-0.2, -0.15) is 0 Å². The highest BCUT2D eigenvalue weighted by molar-refractivity contribution is 6.61. The van der Waals surface area contributed by atoms with E-state index in [0.717, 1.165) is 32.1 Å². The van der Waals surface area contributed by atoms with Gasteiger partial charge < -0.3 is 58.5 Å². The fraction of sp³-hybridized carbons (Fsp3) is 0.892. The van der Waals surface area contributed by atoms with E-state index in [1.807, 2.05) is 69.2 Å². The van der Waals surface area contributed by atoms with Crippen molar-refractivity contribution in [3.05, 3.63) is 0 Å². The molecule has 6 amide bonds. The topological polar surface area (TPSA) is 196 Å². The lowest BCUT2D eigenvalue weighted by Crippen LogP contribution is -2.53. The SMILES string of the molecule is CCO[Si](CCCNC(=O)N[C@H](C(=O)NCCCCCCCNC(=O)[C@@H](NC(=O)NCCC[Si](OCC)(OCC)OCC)C(C)C)C(C)C)(OCC)OCC. The Morgan fingerprint density at radius 3 is 0.964 bits per heavy atom. The van der Waals surface area contributed by atoms with Gasteiger partial charge >= 0.3 is 29.7 Å². The van der Waals surface area contributed by atoms with Gasteiger partial charge in [-0.25, -0.2) is 9.59 Å². The second-order valence-corrected chi connectivity index (χ2v) is 19.2. The fourth-order valence-electron chi connectivity index (χ4n) is 5.89. The average Bonchev–Trinajstić information content (AvgIpc) is 3.12. The van der Waals surface area contributed by atoms with Crippen LogP contribution in [0.5, 0.6) is 0 Å². The summed E-state index contributed by atoms with van der Waals surface area (Å²) in [6, 6.07) is -0.921. The Labute approximate surface area is 334 Å². The van der Waals surface area contributed by atoms with Crippen LogP contribution in [0.2, 0.25) is 12.1 Å². The van der Waals surface area contributed by atoms with Crippen molar-refractivity contribution in [1.29, 1.82) is 0 Å². The van der Waals surface area contributed by atoms with Crippen molar-refractivity contribution in [3.8, 4) is 0 Å². The molecule has 55 heavy (non-hydrogen) atoms. The predicted octanol–water partition coefficient (Wildman–Crippen LogP) is 4.69. The lowest BCUT2D eigenvalue weighted by molar-refractivity contribution is -0.124. The largest absolute Gasteiger partial charge is 0.500 e. The number of carbonyl (C=O) groups excluding carboxylic acids is 4. The molecule has 0 aliphatic heterocycles. The first-order valence-corrected chi connectivity index (χ1v) is 24.6. The molecule has 18 heteroatoms. The molecule has 0 aliphatic rings. The van der Waals surface area contributed by atoms with Gasteiger partial charge in [-0.3, -0.25) is 9.59 Å². The van der Waals surface area contributed by atoms with Crippen LogP contribution in [0.4, 0.5) is 9.59 Å². The molecule has 0 aromatic carbocycles.